The molecule has 6 heteroatoms. The van der Waals surface area contributed by atoms with E-state index < -0.39 is 0 Å². The normalized spacial score (nSPS) is 11.7. The third-order valence-corrected chi connectivity index (χ3v) is 4.65. The van der Waals surface area contributed by atoms with Gasteiger partial charge < -0.3 is 10.6 Å². The van der Waals surface area contributed by atoms with Gasteiger partial charge in [-0.25, -0.2) is 4.98 Å². The maximum absolute atomic E-state index is 4.57. The molecule has 1 heterocycles. The Balaban J connectivity index is 2.34. The number of hydrogen-bond donors (Lipinski definition) is 2. The van der Waals surface area contributed by atoms with Crippen LogP contribution >= 0.6 is 23.1 Å². The van der Waals surface area contributed by atoms with Crippen LogP contribution in [-0.2, 0) is 6.42 Å². The Hall–Kier alpha value is -0.750. The van der Waals surface area contributed by atoms with Crippen LogP contribution in [0.1, 0.15) is 28.9 Å². The highest BCUT2D eigenvalue weighted by Gasteiger charge is 2.03. The summed E-state index contributed by atoms with van der Waals surface area (Å²) < 4.78 is 0. The molecule has 0 aliphatic heterocycles. The van der Waals surface area contributed by atoms with Crippen LogP contribution in [0.4, 0.5) is 0 Å². The molecule has 1 rings (SSSR count). The summed E-state index contributed by atoms with van der Waals surface area (Å²) in [5, 5.41) is 7.85. The smallest absolute Gasteiger partial charge is 0.191 e. The average molecular weight is 315 g/mol. The van der Waals surface area contributed by atoms with Crippen LogP contribution in [0.2, 0.25) is 0 Å². The number of nitrogens with zero attached hydrogens (tertiary/aromatic N) is 2. The molecule has 0 unspecified atom stereocenters. The van der Waals surface area contributed by atoms with Crippen LogP contribution < -0.4 is 10.6 Å². The van der Waals surface area contributed by atoms with Gasteiger partial charge in [0, 0.05) is 30.9 Å². The van der Waals surface area contributed by atoms with E-state index in [1.807, 2.05) is 11.8 Å². The first kappa shape index (κ1) is 17.3. The summed E-state index contributed by atoms with van der Waals surface area (Å²) >= 11 is 3.66. The Kier molecular flexibility index (Phi) is 8.69. The van der Waals surface area contributed by atoms with Gasteiger partial charge in [-0.3, -0.25) is 4.99 Å². The molecule has 4 nitrogen and oxygen atoms in total. The highest BCUT2D eigenvalue weighted by atomic mass is 32.2. The number of nitrogens with one attached hydrogen (secondary N) is 2. The van der Waals surface area contributed by atoms with Gasteiger partial charge in [-0.2, -0.15) is 11.8 Å². The van der Waals surface area contributed by atoms with Crippen LogP contribution in [0.3, 0.4) is 0 Å². The second kappa shape index (κ2) is 10.0. The van der Waals surface area contributed by atoms with E-state index >= 15 is 0 Å². The molecule has 0 aromatic carbocycles. The summed E-state index contributed by atoms with van der Waals surface area (Å²) in [6.07, 6.45) is 4.21. The number of thiazole rings is 1. The number of aromatic nitrogens is 1. The topological polar surface area (TPSA) is 49.3 Å². The van der Waals surface area contributed by atoms with Gasteiger partial charge in [0.1, 0.15) is 0 Å². The molecule has 1 aromatic rings. The van der Waals surface area contributed by atoms with E-state index in [0.717, 1.165) is 44.1 Å². The number of rotatable bonds is 8. The number of aryl methyl sites for hydroxylation is 2. The number of thioether (sulfide) groups is 1. The van der Waals surface area contributed by atoms with Crippen molar-refractivity contribution in [3.63, 3.8) is 0 Å². The van der Waals surface area contributed by atoms with Crippen molar-refractivity contribution < 1.29 is 0 Å². The summed E-state index contributed by atoms with van der Waals surface area (Å²) in [7, 11) is 0. The molecule has 2 N–H and O–H groups in total. The van der Waals surface area contributed by atoms with Gasteiger partial charge in [0.05, 0.1) is 10.7 Å². The standard InChI is InChI=1S/C14H26N4S2/c1-5-15-14(16-8-6-10-19-4)17-9-7-13-18-11(2)12(3)20-13/h5-10H2,1-4H3,(H2,15,16,17). The monoisotopic (exact) mass is 314 g/mol. The Morgan fingerprint density at radius 2 is 2.15 bits per heavy atom. The van der Waals surface area contributed by atoms with Crippen molar-refractivity contribution in [1.82, 2.24) is 15.6 Å². The van der Waals surface area contributed by atoms with Crippen LogP contribution in [-0.4, -0.2) is 42.6 Å². The molecular formula is C14H26N4S2. The van der Waals surface area contributed by atoms with Gasteiger partial charge in [-0.15, -0.1) is 11.3 Å². The summed E-state index contributed by atoms with van der Waals surface area (Å²) in [6, 6.07) is 0. The minimum Gasteiger partial charge on any atom is -0.357 e. The minimum atomic E-state index is 0.876. The highest BCUT2D eigenvalue weighted by molar-refractivity contribution is 7.98. The molecule has 0 bridgehead atoms. The fourth-order valence-electron chi connectivity index (χ4n) is 1.68. The SMILES string of the molecule is CCNC(=NCCCSC)NCCc1nc(C)c(C)s1. The number of guanidine groups is 1. The van der Waals surface area contributed by atoms with Crippen molar-refractivity contribution in [2.75, 3.05) is 31.6 Å². The first-order chi connectivity index (χ1) is 9.67. The fraction of sp³-hybridized carbons (Fsp3) is 0.714. The maximum Gasteiger partial charge on any atom is 0.191 e. The highest BCUT2D eigenvalue weighted by Crippen LogP contribution is 2.16. The fourth-order valence-corrected chi connectivity index (χ4v) is 3.03. The lowest BCUT2D eigenvalue weighted by Gasteiger charge is -2.10. The van der Waals surface area contributed by atoms with Crippen molar-refractivity contribution in [3.05, 3.63) is 15.6 Å². The van der Waals surface area contributed by atoms with E-state index in [1.165, 1.54) is 15.6 Å². The number of hydrogen-bond acceptors (Lipinski definition) is 4. The first-order valence-corrected chi connectivity index (χ1v) is 9.32. The Labute approximate surface area is 130 Å². The molecule has 0 fully saturated rings. The first-order valence-electron chi connectivity index (χ1n) is 7.11. The van der Waals surface area contributed by atoms with Crippen LogP contribution in [0.25, 0.3) is 0 Å². The Morgan fingerprint density at radius 1 is 1.35 bits per heavy atom. The lowest BCUT2D eigenvalue weighted by Crippen LogP contribution is -2.38. The molecule has 0 aliphatic rings. The Morgan fingerprint density at radius 3 is 2.75 bits per heavy atom. The van der Waals surface area contributed by atoms with Crippen molar-refractivity contribution in [2.24, 2.45) is 4.99 Å². The molecule has 0 amide bonds. The van der Waals surface area contributed by atoms with Gasteiger partial charge in [0.15, 0.2) is 5.96 Å². The van der Waals surface area contributed by atoms with E-state index in [-0.39, 0.29) is 0 Å². The quantitative estimate of drug-likeness (QED) is 0.440. The van der Waals surface area contributed by atoms with E-state index in [1.54, 1.807) is 11.3 Å². The summed E-state index contributed by atoms with van der Waals surface area (Å²) in [5.74, 6) is 2.08. The summed E-state index contributed by atoms with van der Waals surface area (Å²) in [6.45, 7) is 8.93. The minimum absolute atomic E-state index is 0.876. The molecule has 0 atom stereocenters. The van der Waals surface area contributed by atoms with E-state index in [4.69, 9.17) is 0 Å². The predicted octanol–water partition coefficient (Wildman–Crippen LogP) is 2.61. The molecule has 20 heavy (non-hydrogen) atoms. The molecule has 0 saturated heterocycles. The van der Waals surface area contributed by atoms with Gasteiger partial charge in [0.2, 0.25) is 0 Å². The van der Waals surface area contributed by atoms with Crippen LogP contribution in [0.15, 0.2) is 4.99 Å². The maximum atomic E-state index is 4.57. The average Bonchev–Trinajstić information content (AvgIpc) is 2.73. The molecule has 0 saturated carbocycles. The van der Waals surface area contributed by atoms with Gasteiger partial charge in [0.25, 0.3) is 0 Å². The van der Waals surface area contributed by atoms with E-state index in [2.05, 4.69) is 47.6 Å². The summed E-state index contributed by atoms with van der Waals surface area (Å²) in [5.41, 5.74) is 1.16. The van der Waals surface area contributed by atoms with Crippen molar-refractivity contribution >= 4 is 29.1 Å². The third-order valence-electron chi connectivity index (χ3n) is 2.82. The van der Waals surface area contributed by atoms with E-state index in [0.29, 0.717) is 0 Å². The molecule has 0 aliphatic carbocycles. The number of aliphatic imine (C=N–C) groups is 1. The van der Waals surface area contributed by atoms with Crippen molar-refractivity contribution in [1.29, 1.82) is 0 Å². The van der Waals surface area contributed by atoms with Gasteiger partial charge in [-0.05, 0) is 39.2 Å². The molecule has 0 radical (unpaired) electrons. The molecule has 114 valence electrons. The third kappa shape index (κ3) is 6.61. The summed E-state index contributed by atoms with van der Waals surface area (Å²) in [4.78, 5) is 10.4. The van der Waals surface area contributed by atoms with E-state index in [9.17, 15) is 0 Å². The van der Waals surface area contributed by atoms with Crippen molar-refractivity contribution in [3.8, 4) is 0 Å². The zero-order chi connectivity index (χ0) is 14.8. The molecular weight excluding hydrogens is 288 g/mol. The zero-order valence-electron chi connectivity index (χ0n) is 13.0. The van der Waals surface area contributed by atoms with Crippen molar-refractivity contribution in [2.45, 2.75) is 33.6 Å². The lowest BCUT2D eigenvalue weighted by molar-refractivity contribution is 0.791. The molecule has 0 spiro atoms. The predicted molar refractivity (Wildman–Crippen MR) is 92.3 cm³/mol. The lowest BCUT2D eigenvalue weighted by atomic mass is 10.4. The zero-order valence-corrected chi connectivity index (χ0v) is 14.6. The molecule has 1 aromatic heterocycles. The van der Waals surface area contributed by atoms with Crippen LogP contribution in [0.5, 0.6) is 0 Å². The second-order valence-corrected chi connectivity index (χ2v) is 6.81. The van der Waals surface area contributed by atoms with Gasteiger partial charge in [-0.1, -0.05) is 0 Å². The Bertz CT molecular complexity index is 396. The van der Waals surface area contributed by atoms with Gasteiger partial charge >= 0.3 is 0 Å². The second-order valence-electron chi connectivity index (χ2n) is 4.53. The van der Waals surface area contributed by atoms with Crippen LogP contribution in [0, 0.1) is 13.8 Å². The largest absolute Gasteiger partial charge is 0.357 e.